The molecule has 86 valence electrons. The number of fused-ring (bicyclic) bond motifs is 1. The highest BCUT2D eigenvalue weighted by Gasteiger charge is 2.22. The van der Waals surface area contributed by atoms with E-state index in [1.165, 1.54) is 11.6 Å². The van der Waals surface area contributed by atoms with E-state index in [-0.39, 0.29) is 11.2 Å². The summed E-state index contributed by atoms with van der Waals surface area (Å²) in [5.41, 5.74) is 2.20. The zero-order chi connectivity index (χ0) is 11.9. The number of aromatic nitrogens is 1. The second kappa shape index (κ2) is 3.88. The molecule has 1 nitrogen and oxygen atoms in total. The Hall–Kier alpha value is -0.830. The van der Waals surface area contributed by atoms with Crippen LogP contribution < -0.4 is 0 Å². The molecule has 0 amide bonds. The minimum atomic E-state index is -0.202. The third-order valence-corrected chi connectivity index (χ3v) is 3.94. The molecule has 0 spiro atoms. The maximum atomic E-state index is 13.4. The molecule has 1 heterocycles. The standard InChI is InChI=1S/C13H15BrFN/c1-4-13(2,3)10-7-16-12-9(10)5-8(15)6-11(12)14/h5-7,16H,4H2,1-3H3. The molecule has 0 aliphatic heterocycles. The smallest absolute Gasteiger partial charge is 0.125 e. The van der Waals surface area contributed by atoms with Gasteiger partial charge >= 0.3 is 0 Å². The summed E-state index contributed by atoms with van der Waals surface area (Å²) in [5, 5.41) is 0.971. The first kappa shape index (κ1) is 11.6. The van der Waals surface area contributed by atoms with Gasteiger partial charge in [-0.1, -0.05) is 20.8 Å². The second-order valence-corrected chi connectivity index (χ2v) is 5.60. The maximum absolute atomic E-state index is 13.4. The summed E-state index contributed by atoms with van der Waals surface area (Å²) in [7, 11) is 0. The fourth-order valence-corrected chi connectivity index (χ4v) is 2.45. The van der Waals surface area contributed by atoms with Crippen LogP contribution in [0.4, 0.5) is 4.39 Å². The minimum absolute atomic E-state index is 0.0610. The Balaban J connectivity index is 2.74. The average molecular weight is 284 g/mol. The first-order valence-electron chi connectivity index (χ1n) is 5.42. The minimum Gasteiger partial charge on any atom is -0.360 e. The predicted octanol–water partition coefficient (Wildman–Crippen LogP) is 4.76. The molecule has 0 aliphatic carbocycles. The summed E-state index contributed by atoms with van der Waals surface area (Å²) in [6.07, 6.45) is 3.01. The van der Waals surface area contributed by atoms with Gasteiger partial charge in [-0.25, -0.2) is 4.39 Å². The fraction of sp³-hybridized carbons (Fsp3) is 0.385. The van der Waals surface area contributed by atoms with Gasteiger partial charge in [-0.05, 0) is 45.5 Å². The molecule has 0 bridgehead atoms. The van der Waals surface area contributed by atoms with Crippen LogP contribution in [-0.4, -0.2) is 4.98 Å². The van der Waals surface area contributed by atoms with Gasteiger partial charge in [0.15, 0.2) is 0 Å². The summed E-state index contributed by atoms with van der Waals surface area (Å²) >= 11 is 3.38. The lowest BCUT2D eigenvalue weighted by Crippen LogP contribution is -2.14. The van der Waals surface area contributed by atoms with Crippen LogP contribution in [0, 0.1) is 5.82 Å². The monoisotopic (exact) mass is 283 g/mol. The second-order valence-electron chi connectivity index (χ2n) is 4.75. The van der Waals surface area contributed by atoms with Gasteiger partial charge in [-0.15, -0.1) is 0 Å². The molecule has 2 aromatic rings. The van der Waals surface area contributed by atoms with Gasteiger partial charge < -0.3 is 4.98 Å². The maximum Gasteiger partial charge on any atom is 0.125 e. The SMILES string of the molecule is CCC(C)(C)c1c[nH]c2c(Br)cc(F)cc12. The molecule has 0 saturated carbocycles. The molecule has 1 N–H and O–H groups in total. The third kappa shape index (κ3) is 1.77. The molecule has 1 aromatic carbocycles. The van der Waals surface area contributed by atoms with E-state index < -0.39 is 0 Å². The van der Waals surface area contributed by atoms with Crippen LogP contribution in [0.3, 0.4) is 0 Å². The van der Waals surface area contributed by atoms with Crippen LogP contribution in [0.1, 0.15) is 32.8 Å². The Kier molecular flexibility index (Phi) is 2.82. The Morgan fingerprint density at radius 1 is 1.38 bits per heavy atom. The van der Waals surface area contributed by atoms with Crippen molar-refractivity contribution in [2.45, 2.75) is 32.6 Å². The molecule has 3 heteroatoms. The van der Waals surface area contributed by atoms with E-state index >= 15 is 0 Å². The number of halogens is 2. The number of benzene rings is 1. The van der Waals surface area contributed by atoms with E-state index in [0.717, 1.165) is 21.8 Å². The van der Waals surface area contributed by atoms with E-state index in [0.29, 0.717) is 0 Å². The van der Waals surface area contributed by atoms with Gasteiger partial charge in [0.1, 0.15) is 5.82 Å². The van der Waals surface area contributed by atoms with E-state index in [1.807, 2.05) is 6.20 Å². The number of nitrogens with one attached hydrogen (secondary N) is 1. The molecule has 0 saturated heterocycles. The van der Waals surface area contributed by atoms with Gasteiger partial charge in [0, 0.05) is 16.1 Å². The molecule has 0 fully saturated rings. The zero-order valence-electron chi connectivity index (χ0n) is 9.70. The van der Waals surface area contributed by atoms with Crippen molar-refractivity contribution < 1.29 is 4.39 Å². The number of rotatable bonds is 2. The van der Waals surface area contributed by atoms with E-state index in [9.17, 15) is 4.39 Å². The van der Waals surface area contributed by atoms with Crippen LogP contribution >= 0.6 is 15.9 Å². The van der Waals surface area contributed by atoms with Gasteiger partial charge in [0.2, 0.25) is 0 Å². The highest BCUT2D eigenvalue weighted by molar-refractivity contribution is 9.10. The van der Waals surface area contributed by atoms with Crippen molar-refractivity contribution in [2.24, 2.45) is 0 Å². The van der Waals surface area contributed by atoms with Crippen LogP contribution in [0.2, 0.25) is 0 Å². The van der Waals surface area contributed by atoms with Crippen molar-refractivity contribution in [3.63, 3.8) is 0 Å². The number of hydrogen-bond acceptors (Lipinski definition) is 0. The molecule has 0 unspecified atom stereocenters. The first-order chi connectivity index (χ1) is 7.45. The highest BCUT2D eigenvalue weighted by Crippen LogP contribution is 2.35. The molecular weight excluding hydrogens is 269 g/mol. The Morgan fingerprint density at radius 2 is 2.06 bits per heavy atom. The Morgan fingerprint density at radius 3 is 2.69 bits per heavy atom. The van der Waals surface area contributed by atoms with E-state index in [4.69, 9.17) is 0 Å². The third-order valence-electron chi connectivity index (χ3n) is 3.32. The van der Waals surface area contributed by atoms with Crippen LogP contribution in [0.25, 0.3) is 10.9 Å². The lowest BCUT2D eigenvalue weighted by molar-refractivity contribution is 0.510. The summed E-state index contributed by atoms with van der Waals surface area (Å²) in [6, 6.07) is 3.09. The topological polar surface area (TPSA) is 15.8 Å². The lowest BCUT2D eigenvalue weighted by atomic mass is 9.82. The number of aromatic amines is 1. The van der Waals surface area contributed by atoms with Crippen molar-refractivity contribution >= 4 is 26.8 Å². The lowest BCUT2D eigenvalue weighted by Gasteiger charge is -2.22. The summed E-state index contributed by atoms with van der Waals surface area (Å²) in [4.78, 5) is 3.21. The van der Waals surface area contributed by atoms with Crippen LogP contribution in [0.15, 0.2) is 22.8 Å². The molecule has 0 aliphatic rings. The van der Waals surface area contributed by atoms with Gasteiger partial charge in [0.05, 0.1) is 5.52 Å². The van der Waals surface area contributed by atoms with Crippen molar-refractivity contribution in [3.8, 4) is 0 Å². The Bertz CT molecular complexity index is 528. The van der Waals surface area contributed by atoms with Gasteiger partial charge in [-0.2, -0.15) is 0 Å². The van der Waals surface area contributed by atoms with Crippen molar-refractivity contribution in [2.75, 3.05) is 0 Å². The number of H-pyrrole nitrogens is 1. The summed E-state index contributed by atoms with van der Waals surface area (Å²) in [5.74, 6) is -0.202. The molecule has 1 aromatic heterocycles. The van der Waals surface area contributed by atoms with Gasteiger partial charge in [-0.3, -0.25) is 0 Å². The summed E-state index contributed by atoms with van der Waals surface area (Å²) < 4.78 is 14.2. The normalized spacial score (nSPS) is 12.3. The number of hydrogen-bond donors (Lipinski definition) is 1. The zero-order valence-corrected chi connectivity index (χ0v) is 11.3. The van der Waals surface area contributed by atoms with Crippen LogP contribution in [-0.2, 0) is 5.41 Å². The molecule has 0 atom stereocenters. The molecule has 2 rings (SSSR count). The van der Waals surface area contributed by atoms with Crippen molar-refractivity contribution in [3.05, 3.63) is 34.2 Å². The van der Waals surface area contributed by atoms with Crippen LogP contribution in [0.5, 0.6) is 0 Å². The first-order valence-corrected chi connectivity index (χ1v) is 6.21. The molecule has 16 heavy (non-hydrogen) atoms. The van der Waals surface area contributed by atoms with E-state index in [1.54, 1.807) is 6.07 Å². The average Bonchev–Trinajstić information content (AvgIpc) is 2.62. The van der Waals surface area contributed by atoms with Gasteiger partial charge in [0.25, 0.3) is 0 Å². The van der Waals surface area contributed by atoms with Crippen molar-refractivity contribution in [1.29, 1.82) is 0 Å². The largest absolute Gasteiger partial charge is 0.360 e. The molecular formula is C13H15BrFN. The quantitative estimate of drug-likeness (QED) is 0.818. The summed E-state index contributed by atoms with van der Waals surface area (Å²) in [6.45, 7) is 6.50. The molecule has 0 radical (unpaired) electrons. The van der Waals surface area contributed by atoms with E-state index in [2.05, 4.69) is 41.7 Å². The highest BCUT2D eigenvalue weighted by atomic mass is 79.9. The van der Waals surface area contributed by atoms with Crippen molar-refractivity contribution in [1.82, 2.24) is 4.98 Å². The Labute approximate surface area is 103 Å². The fourth-order valence-electron chi connectivity index (χ4n) is 1.91. The predicted molar refractivity (Wildman–Crippen MR) is 69.3 cm³/mol.